The molecule has 0 spiro atoms. The summed E-state index contributed by atoms with van der Waals surface area (Å²) in [4.78, 5) is 17.5. The number of rotatable bonds is 4. The van der Waals surface area contributed by atoms with E-state index in [-0.39, 0.29) is 11.6 Å². The van der Waals surface area contributed by atoms with Crippen LogP contribution in [0.3, 0.4) is 0 Å². The molecule has 0 aromatic heterocycles. The van der Waals surface area contributed by atoms with Crippen LogP contribution in [-0.4, -0.2) is 16.8 Å². The lowest BCUT2D eigenvalue weighted by molar-refractivity contribution is -0.121. The van der Waals surface area contributed by atoms with Crippen molar-refractivity contribution in [2.75, 3.05) is 5.43 Å². The van der Waals surface area contributed by atoms with E-state index in [1.807, 2.05) is 61.5 Å². The van der Waals surface area contributed by atoms with Gasteiger partial charge in [0, 0.05) is 11.1 Å². The van der Waals surface area contributed by atoms with Crippen molar-refractivity contribution in [3.05, 3.63) is 107 Å². The molecule has 1 aliphatic rings. The molecule has 0 unspecified atom stereocenters. The first-order valence-electron chi connectivity index (χ1n) is 8.90. The molecule has 0 saturated heterocycles. The average Bonchev–Trinajstić information content (AvgIpc) is 3.01. The van der Waals surface area contributed by atoms with Gasteiger partial charge in [0.05, 0.1) is 5.69 Å². The number of anilines is 1. The number of hydrogen-bond donors (Lipinski definition) is 1. The number of aryl methyl sites for hydroxylation is 1. The van der Waals surface area contributed by atoms with E-state index in [2.05, 4.69) is 10.4 Å². The Bertz CT molecular complexity index is 1070. The molecule has 0 fully saturated rings. The number of carbonyl (C=O) groups excluding carboxylic acids is 1. The van der Waals surface area contributed by atoms with E-state index in [9.17, 15) is 9.18 Å². The van der Waals surface area contributed by atoms with Crippen molar-refractivity contribution in [1.29, 1.82) is 0 Å². The fourth-order valence-corrected chi connectivity index (χ4v) is 2.90. The predicted octanol–water partition coefficient (Wildman–Crippen LogP) is 4.79. The van der Waals surface area contributed by atoms with Gasteiger partial charge in [0.1, 0.15) is 11.5 Å². The molecule has 1 N–H and O–H groups in total. The highest BCUT2D eigenvalue weighted by Crippen LogP contribution is 2.24. The summed E-state index contributed by atoms with van der Waals surface area (Å²) in [6, 6.07) is 23.4. The number of amidine groups is 1. The van der Waals surface area contributed by atoms with Crippen LogP contribution < -0.4 is 5.43 Å². The van der Waals surface area contributed by atoms with Gasteiger partial charge in [-0.3, -0.25) is 10.2 Å². The molecule has 1 aliphatic heterocycles. The molecular formula is C23H18FN3O. The summed E-state index contributed by atoms with van der Waals surface area (Å²) in [5.74, 6) is -0.275. The fourth-order valence-electron chi connectivity index (χ4n) is 2.90. The van der Waals surface area contributed by atoms with Crippen molar-refractivity contribution in [3.63, 3.8) is 0 Å². The number of benzene rings is 3. The number of halogens is 1. The molecule has 5 heteroatoms. The third-order valence-electron chi connectivity index (χ3n) is 4.38. The van der Waals surface area contributed by atoms with E-state index in [0.29, 0.717) is 11.4 Å². The Labute approximate surface area is 162 Å². The van der Waals surface area contributed by atoms with Crippen molar-refractivity contribution < 1.29 is 9.18 Å². The van der Waals surface area contributed by atoms with Crippen molar-refractivity contribution in [1.82, 2.24) is 5.01 Å². The zero-order valence-corrected chi connectivity index (χ0v) is 15.3. The zero-order chi connectivity index (χ0) is 19.5. The molecular weight excluding hydrogens is 353 g/mol. The van der Waals surface area contributed by atoms with Gasteiger partial charge in [0.2, 0.25) is 0 Å². The van der Waals surface area contributed by atoms with E-state index >= 15 is 0 Å². The Morgan fingerprint density at radius 2 is 1.61 bits per heavy atom. The Morgan fingerprint density at radius 3 is 2.32 bits per heavy atom. The Kier molecular flexibility index (Phi) is 4.72. The van der Waals surface area contributed by atoms with Gasteiger partial charge in [0.15, 0.2) is 5.84 Å². The van der Waals surface area contributed by atoms with E-state index in [0.717, 1.165) is 16.8 Å². The van der Waals surface area contributed by atoms with Crippen molar-refractivity contribution in [3.8, 4) is 0 Å². The first kappa shape index (κ1) is 17.7. The molecule has 0 aliphatic carbocycles. The predicted molar refractivity (Wildman–Crippen MR) is 109 cm³/mol. The summed E-state index contributed by atoms with van der Waals surface area (Å²) in [6.07, 6.45) is 1.47. The average molecular weight is 371 g/mol. The Balaban J connectivity index is 1.76. The van der Waals surface area contributed by atoms with E-state index in [1.165, 1.54) is 17.2 Å². The third kappa shape index (κ3) is 3.55. The van der Waals surface area contributed by atoms with Gasteiger partial charge in [-0.1, -0.05) is 66.2 Å². The number of aliphatic imine (C=N–C) groups is 1. The number of nitrogens with zero attached hydrogens (tertiary/aromatic N) is 2. The van der Waals surface area contributed by atoms with Crippen LogP contribution in [0, 0.1) is 12.7 Å². The lowest BCUT2D eigenvalue weighted by Gasteiger charge is -2.20. The van der Waals surface area contributed by atoms with Crippen LogP contribution in [0.15, 0.2) is 89.6 Å². The second-order valence-electron chi connectivity index (χ2n) is 6.47. The van der Waals surface area contributed by atoms with Gasteiger partial charge in [-0.2, -0.15) is 5.01 Å². The summed E-state index contributed by atoms with van der Waals surface area (Å²) in [6.45, 7) is 1.99. The topological polar surface area (TPSA) is 44.7 Å². The molecule has 0 saturated carbocycles. The molecule has 3 aromatic carbocycles. The van der Waals surface area contributed by atoms with Crippen molar-refractivity contribution in [2.45, 2.75) is 6.92 Å². The smallest absolute Gasteiger partial charge is 0.290 e. The SMILES string of the molecule is Cc1ccc(C2=N/C(=C/c3ccccc3F)C(=O)N2Nc2ccccc2)cc1. The van der Waals surface area contributed by atoms with Crippen LogP contribution in [0.4, 0.5) is 10.1 Å². The molecule has 1 amide bonds. The highest BCUT2D eigenvalue weighted by atomic mass is 19.1. The second-order valence-corrected chi connectivity index (χ2v) is 6.47. The lowest BCUT2D eigenvalue weighted by Crippen LogP contribution is -2.37. The first-order valence-corrected chi connectivity index (χ1v) is 8.90. The van der Waals surface area contributed by atoms with Crippen LogP contribution in [0.25, 0.3) is 6.08 Å². The minimum atomic E-state index is -0.399. The maximum absolute atomic E-state index is 14.0. The molecule has 0 radical (unpaired) electrons. The van der Waals surface area contributed by atoms with Crippen molar-refractivity contribution >= 4 is 23.5 Å². The zero-order valence-electron chi connectivity index (χ0n) is 15.3. The summed E-state index contributed by atoms with van der Waals surface area (Å²) >= 11 is 0. The highest BCUT2D eigenvalue weighted by molar-refractivity contribution is 6.20. The van der Waals surface area contributed by atoms with Gasteiger partial charge in [0.25, 0.3) is 5.91 Å². The van der Waals surface area contributed by atoms with E-state index in [1.54, 1.807) is 18.2 Å². The number of nitrogens with one attached hydrogen (secondary N) is 1. The van der Waals surface area contributed by atoms with Gasteiger partial charge >= 0.3 is 0 Å². The van der Waals surface area contributed by atoms with Crippen molar-refractivity contribution in [2.24, 2.45) is 4.99 Å². The van der Waals surface area contributed by atoms with Gasteiger partial charge in [-0.25, -0.2) is 9.38 Å². The molecule has 4 nitrogen and oxygen atoms in total. The third-order valence-corrected chi connectivity index (χ3v) is 4.38. The number of amides is 1. The van der Waals surface area contributed by atoms with Crippen LogP contribution >= 0.6 is 0 Å². The number of carbonyl (C=O) groups is 1. The monoisotopic (exact) mass is 371 g/mol. The van der Waals surface area contributed by atoms with Crippen LogP contribution in [0.5, 0.6) is 0 Å². The number of para-hydroxylation sites is 1. The summed E-state index contributed by atoms with van der Waals surface area (Å²) in [7, 11) is 0. The number of hydrogen-bond acceptors (Lipinski definition) is 3. The summed E-state index contributed by atoms with van der Waals surface area (Å²) < 4.78 is 14.0. The largest absolute Gasteiger partial charge is 0.297 e. The van der Waals surface area contributed by atoms with Gasteiger partial charge in [-0.15, -0.1) is 0 Å². The minimum absolute atomic E-state index is 0.170. The molecule has 0 atom stereocenters. The number of hydrazine groups is 1. The Morgan fingerprint density at radius 1 is 0.929 bits per heavy atom. The summed E-state index contributed by atoms with van der Waals surface area (Å²) in [5, 5.41) is 1.40. The van der Waals surface area contributed by atoms with Crippen LogP contribution in [-0.2, 0) is 4.79 Å². The van der Waals surface area contributed by atoms with Crippen LogP contribution in [0.1, 0.15) is 16.7 Å². The molecule has 1 heterocycles. The minimum Gasteiger partial charge on any atom is -0.290 e. The molecule has 0 bridgehead atoms. The molecule has 3 aromatic rings. The van der Waals surface area contributed by atoms with Gasteiger partial charge in [-0.05, 0) is 31.2 Å². The van der Waals surface area contributed by atoms with E-state index in [4.69, 9.17) is 0 Å². The second kappa shape index (κ2) is 7.48. The Hall–Kier alpha value is -3.73. The molecule has 4 rings (SSSR count). The van der Waals surface area contributed by atoms with Crippen LogP contribution in [0.2, 0.25) is 0 Å². The van der Waals surface area contributed by atoms with E-state index < -0.39 is 5.82 Å². The highest BCUT2D eigenvalue weighted by Gasteiger charge is 2.31. The normalized spacial score (nSPS) is 15.1. The molecule has 28 heavy (non-hydrogen) atoms. The summed E-state index contributed by atoms with van der Waals surface area (Å²) in [5.41, 5.74) is 6.25. The fraction of sp³-hybridized carbons (Fsp3) is 0.0435. The quantitative estimate of drug-likeness (QED) is 0.670. The maximum Gasteiger partial charge on any atom is 0.297 e. The maximum atomic E-state index is 14.0. The van der Waals surface area contributed by atoms with Gasteiger partial charge < -0.3 is 0 Å². The first-order chi connectivity index (χ1) is 13.6. The molecule has 138 valence electrons. The standard InChI is InChI=1S/C23H18FN3O/c1-16-11-13-17(14-12-16)22-25-21(15-18-7-5-6-10-20(18)24)23(28)27(22)26-19-8-3-2-4-9-19/h2-15,26H,1H3/b21-15+. The lowest BCUT2D eigenvalue weighted by atomic mass is 10.1.